The van der Waals surface area contributed by atoms with Gasteiger partial charge in [-0.1, -0.05) is 24.3 Å². The molecule has 9 heteroatoms. The Hall–Kier alpha value is -3.49. The number of carbonyl (C=O) groups is 4. The number of aromatic nitrogens is 1. The lowest BCUT2D eigenvalue weighted by atomic mass is 10.1. The van der Waals surface area contributed by atoms with Gasteiger partial charge in [0.1, 0.15) is 18.1 Å². The van der Waals surface area contributed by atoms with Crippen LogP contribution in [0.5, 0.6) is 0 Å². The SMILES string of the molecule is Nc1cc2ccccc2c(C(=O)NCCNC(=O)CN2C(=O)CCC2=O)n1. The number of carbonyl (C=O) groups excluding carboxylic acids is 4. The number of nitrogens with one attached hydrogen (secondary N) is 2. The van der Waals surface area contributed by atoms with Crippen molar-refractivity contribution in [1.82, 2.24) is 20.5 Å². The molecular weight excluding hydrogens is 350 g/mol. The molecule has 0 bridgehead atoms. The van der Waals surface area contributed by atoms with E-state index in [1.807, 2.05) is 12.1 Å². The number of hydrogen-bond donors (Lipinski definition) is 3. The van der Waals surface area contributed by atoms with Gasteiger partial charge >= 0.3 is 0 Å². The second-order valence-corrected chi connectivity index (χ2v) is 6.10. The lowest BCUT2D eigenvalue weighted by Gasteiger charge is -2.13. The van der Waals surface area contributed by atoms with E-state index in [1.54, 1.807) is 18.2 Å². The van der Waals surface area contributed by atoms with E-state index in [2.05, 4.69) is 15.6 Å². The Morgan fingerprint density at radius 1 is 1.07 bits per heavy atom. The number of nitrogens with two attached hydrogens (primary N) is 1. The molecule has 4 amide bonds. The summed E-state index contributed by atoms with van der Waals surface area (Å²) < 4.78 is 0. The van der Waals surface area contributed by atoms with Crippen LogP contribution < -0.4 is 16.4 Å². The molecule has 1 aromatic heterocycles. The molecule has 3 rings (SSSR count). The number of hydrogen-bond acceptors (Lipinski definition) is 6. The van der Waals surface area contributed by atoms with E-state index < -0.39 is 11.8 Å². The van der Waals surface area contributed by atoms with Crippen molar-refractivity contribution in [1.29, 1.82) is 0 Å². The van der Waals surface area contributed by atoms with Gasteiger partial charge in [-0.05, 0) is 11.5 Å². The summed E-state index contributed by atoms with van der Waals surface area (Å²) in [6.45, 7) is 0.0192. The van der Waals surface area contributed by atoms with Crippen molar-refractivity contribution in [2.75, 3.05) is 25.4 Å². The van der Waals surface area contributed by atoms with Crippen molar-refractivity contribution in [2.24, 2.45) is 0 Å². The van der Waals surface area contributed by atoms with Crippen LogP contribution in [0.3, 0.4) is 0 Å². The highest BCUT2D eigenvalue weighted by molar-refractivity contribution is 6.06. The maximum absolute atomic E-state index is 12.4. The predicted molar refractivity (Wildman–Crippen MR) is 97.5 cm³/mol. The molecule has 1 saturated heterocycles. The summed E-state index contributed by atoms with van der Waals surface area (Å²) >= 11 is 0. The first-order valence-electron chi connectivity index (χ1n) is 8.49. The number of rotatable bonds is 6. The van der Waals surface area contributed by atoms with E-state index in [9.17, 15) is 19.2 Å². The Morgan fingerprint density at radius 2 is 1.74 bits per heavy atom. The van der Waals surface area contributed by atoms with E-state index in [4.69, 9.17) is 5.73 Å². The van der Waals surface area contributed by atoms with Crippen molar-refractivity contribution in [3.05, 3.63) is 36.0 Å². The Morgan fingerprint density at radius 3 is 2.48 bits per heavy atom. The Kier molecular flexibility index (Phi) is 5.30. The monoisotopic (exact) mass is 369 g/mol. The topological polar surface area (TPSA) is 134 Å². The highest BCUT2D eigenvalue weighted by Gasteiger charge is 2.30. The molecule has 1 aliphatic heterocycles. The summed E-state index contributed by atoms with van der Waals surface area (Å²) in [5.74, 6) is -1.31. The third kappa shape index (κ3) is 4.20. The molecule has 0 aliphatic carbocycles. The van der Waals surface area contributed by atoms with Crippen LogP contribution in [0.4, 0.5) is 5.82 Å². The molecule has 140 valence electrons. The number of amides is 4. The summed E-state index contributed by atoms with van der Waals surface area (Å²) in [5, 5.41) is 6.72. The van der Waals surface area contributed by atoms with Gasteiger partial charge in [0.2, 0.25) is 17.7 Å². The molecule has 2 aromatic rings. The summed E-state index contributed by atoms with van der Waals surface area (Å²) in [6, 6.07) is 8.95. The van der Waals surface area contributed by atoms with E-state index in [0.29, 0.717) is 5.39 Å². The second-order valence-electron chi connectivity index (χ2n) is 6.10. The number of anilines is 1. The number of benzene rings is 1. The zero-order chi connectivity index (χ0) is 19.4. The molecule has 0 radical (unpaired) electrons. The van der Waals surface area contributed by atoms with E-state index >= 15 is 0 Å². The van der Waals surface area contributed by atoms with Gasteiger partial charge in [0.25, 0.3) is 5.91 Å². The van der Waals surface area contributed by atoms with Crippen molar-refractivity contribution in [3.63, 3.8) is 0 Å². The quantitative estimate of drug-likeness (QED) is 0.477. The largest absolute Gasteiger partial charge is 0.384 e. The van der Waals surface area contributed by atoms with E-state index in [1.165, 1.54) is 0 Å². The van der Waals surface area contributed by atoms with Crippen LogP contribution in [-0.2, 0) is 14.4 Å². The van der Waals surface area contributed by atoms with Gasteiger partial charge in [-0.25, -0.2) is 4.98 Å². The van der Waals surface area contributed by atoms with Gasteiger partial charge in [-0.15, -0.1) is 0 Å². The molecule has 4 N–H and O–H groups in total. The lowest BCUT2D eigenvalue weighted by molar-refractivity contribution is -0.142. The average Bonchev–Trinajstić information content (AvgIpc) is 2.96. The van der Waals surface area contributed by atoms with Crippen LogP contribution in [0.2, 0.25) is 0 Å². The molecule has 0 saturated carbocycles. The van der Waals surface area contributed by atoms with Crippen molar-refractivity contribution < 1.29 is 19.2 Å². The number of imide groups is 1. The third-order valence-electron chi connectivity index (χ3n) is 4.16. The highest BCUT2D eigenvalue weighted by Crippen LogP contribution is 2.19. The molecule has 9 nitrogen and oxygen atoms in total. The molecule has 0 spiro atoms. The van der Waals surface area contributed by atoms with Gasteiger partial charge in [-0.3, -0.25) is 24.1 Å². The molecule has 1 fully saturated rings. The predicted octanol–water partition coefficient (Wildman–Crippen LogP) is -0.188. The lowest BCUT2D eigenvalue weighted by Crippen LogP contribution is -2.42. The van der Waals surface area contributed by atoms with E-state index in [0.717, 1.165) is 10.3 Å². The second kappa shape index (κ2) is 7.81. The van der Waals surface area contributed by atoms with Crippen molar-refractivity contribution in [2.45, 2.75) is 12.8 Å². The molecule has 0 atom stereocenters. The first-order valence-corrected chi connectivity index (χ1v) is 8.49. The molecule has 1 aromatic carbocycles. The standard InChI is InChI=1S/C18H19N5O4/c19-13-9-11-3-1-2-4-12(11)17(22-13)18(27)21-8-7-20-14(24)10-23-15(25)5-6-16(23)26/h1-4,9H,5-8,10H2,(H2,19,22)(H,20,24)(H,21,27). The maximum atomic E-state index is 12.4. The van der Waals surface area contributed by atoms with Crippen LogP contribution in [0.25, 0.3) is 10.8 Å². The van der Waals surface area contributed by atoms with Gasteiger partial charge in [0.05, 0.1) is 0 Å². The highest BCUT2D eigenvalue weighted by atomic mass is 16.2. The fraction of sp³-hybridized carbons (Fsp3) is 0.278. The molecular formula is C18H19N5O4. The average molecular weight is 369 g/mol. The Labute approximate surface area is 154 Å². The fourth-order valence-electron chi connectivity index (χ4n) is 2.85. The van der Waals surface area contributed by atoms with Crippen LogP contribution in [0, 0.1) is 0 Å². The number of pyridine rings is 1. The van der Waals surface area contributed by atoms with Gasteiger partial charge in [0.15, 0.2) is 0 Å². The number of fused-ring (bicyclic) bond motifs is 1. The Balaban J connectivity index is 1.51. The normalized spacial score (nSPS) is 13.9. The number of nitrogen functional groups attached to an aromatic ring is 1. The first kappa shape index (κ1) is 18.3. The van der Waals surface area contributed by atoms with Gasteiger partial charge < -0.3 is 16.4 Å². The minimum atomic E-state index is -0.458. The molecule has 1 aliphatic rings. The van der Waals surface area contributed by atoms with Gasteiger partial charge in [0, 0.05) is 31.3 Å². The fourth-order valence-corrected chi connectivity index (χ4v) is 2.85. The third-order valence-corrected chi connectivity index (χ3v) is 4.16. The summed E-state index contributed by atoms with van der Waals surface area (Å²) in [4.78, 5) is 52.2. The maximum Gasteiger partial charge on any atom is 0.270 e. The first-order chi connectivity index (χ1) is 13.0. The Bertz CT molecular complexity index is 911. The smallest absolute Gasteiger partial charge is 0.270 e. The van der Waals surface area contributed by atoms with Crippen molar-refractivity contribution in [3.8, 4) is 0 Å². The minimum absolute atomic E-state index is 0.142. The number of nitrogens with zero attached hydrogens (tertiary/aromatic N) is 2. The molecule has 0 unspecified atom stereocenters. The van der Waals surface area contributed by atoms with Crippen LogP contribution >= 0.6 is 0 Å². The summed E-state index contributed by atoms with van der Waals surface area (Å²) in [6.07, 6.45) is 0.284. The number of likely N-dealkylation sites (tertiary alicyclic amines) is 1. The summed E-state index contributed by atoms with van der Waals surface area (Å²) in [7, 11) is 0. The van der Waals surface area contributed by atoms with E-state index in [-0.39, 0.29) is 55.8 Å². The zero-order valence-electron chi connectivity index (χ0n) is 14.5. The molecule has 2 heterocycles. The summed E-state index contributed by atoms with van der Waals surface area (Å²) in [5.41, 5.74) is 5.96. The van der Waals surface area contributed by atoms with Crippen LogP contribution in [0.15, 0.2) is 30.3 Å². The van der Waals surface area contributed by atoms with Crippen molar-refractivity contribution >= 4 is 40.2 Å². The molecule has 27 heavy (non-hydrogen) atoms. The van der Waals surface area contributed by atoms with Crippen LogP contribution in [0.1, 0.15) is 23.3 Å². The van der Waals surface area contributed by atoms with Crippen LogP contribution in [-0.4, -0.2) is 53.1 Å². The van der Waals surface area contributed by atoms with Gasteiger partial charge in [-0.2, -0.15) is 0 Å². The zero-order valence-corrected chi connectivity index (χ0v) is 14.5. The minimum Gasteiger partial charge on any atom is -0.384 e.